The normalized spacial score (nSPS) is 10.6. The van der Waals surface area contributed by atoms with Crippen LogP contribution < -0.4 is 10.1 Å². The van der Waals surface area contributed by atoms with E-state index in [0.717, 1.165) is 11.1 Å². The third-order valence-electron chi connectivity index (χ3n) is 3.89. The average Bonchev–Trinajstić information content (AvgIpc) is 3.41. The van der Waals surface area contributed by atoms with Crippen LogP contribution in [0.15, 0.2) is 75.9 Å². The third kappa shape index (κ3) is 3.57. The number of nitrogens with one attached hydrogen (secondary N) is 1. The van der Waals surface area contributed by atoms with Gasteiger partial charge in [-0.25, -0.2) is 0 Å². The highest BCUT2D eigenvalue weighted by Gasteiger charge is 2.12. The zero-order valence-electron chi connectivity index (χ0n) is 14.4. The van der Waals surface area contributed by atoms with Gasteiger partial charge in [-0.3, -0.25) is 4.79 Å². The molecule has 0 spiro atoms. The molecule has 0 bridgehead atoms. The fourth-order valence-corrected chi connectivity index (χ4v) is 2.52. The van der Waals surface area contributed by atoms with Gasteiger partial charge in [0.15, 0.2) is 5.76 Å². The maximum atomic E-state index is 12.0. The van der Waals surface area contributed by atoms with Gasteiger partial charge in [-0.05, 0) is 54.6 Å². The molecule has 0 unspecified atom stereocenters. The minimum absolute atomic E-state index is 0.250. The summed E-state index contributed by atoms with van der Waals surface area (Å²) >= 11 is 0. The van der Waals surface area contributed by atoms with Crippen LogP contribution in [0.25, 0.3) is 22.8 Å². The molecule has 2 aromatic heterocycles. The van der Waals surface area contributed by atoms with Crippen molar-refractivity contribution in [2.24, 2.45) is 0 Å². The van der Waals surface area contributed by atoms with E-state index in [1.54, 1.807) is 43.5 Å². The molecule has 0 aliphatic heterocycles. The molecule has 2 heterocycles. The SMILES string of the molecule is COc1cccc(-c2nc(-c3ccc(NC(=O)c4ccco4)cc3)no2)c1. The molecule has 4 aromatic rings. The van der Waals surface area contributed by atoms with E-state index in [-0.39, 0.29) is 11.7 Å². The number of carbonyl (C=O) groups is 1. The minimum atomic E-state index is -0.312. The Hall–Kier alpha value is -3.87. The number of ether oxygens (including phenoxy) is 1. The van der Waals surface area contributed by atoms with Crippen LogP contribution in [-0.2, 0) is 0 Å². The van der Waals surface area contributed by atoms with Gasteiger partial charge in [-0.1, -0.05) is 11.2 Å². The molecule has 27 heavy (non-hydrogen) atoms. The van der Waals surface area contributed by atoms with Gasteiger partial charge in [0.1, 0.15) is 5.75 Å². The first-order valence-corrected chi connectivity index (χ1v) is 8.16. The fourth-order valence-electron chi connectivity index (χ4n) is 2.52. The average molecular weight is 361 g/mol. The molecule has 1 N–H and O–H groups in total. The number of benzene rings is 2. The molecular formula is C20H15N3O4. The van der Waals surface area contributed by atoms with Crippen LogP contribution in [-0.4, -0.2) is 23.2 Å². The summed E-state index contributed by atoms with van der Waals surface area (Å²) in [7, 11) is 1.60. The fraction of sp³-hybridized carbons (Fsp3) is 0.0500. The lowest BCUT2D eigenvalue weighted by atomic mass is 10.2. The van der Waals surface area contributed by atoms with Crippen molar-refractivity contribution in [1.82, 2.24) is 10.1 Å². The van der Waals surface area contributed by atoms with Gasteiger partial charge in [0.25, 0.3) is 11.8 Å². The van der Waals surface area contributed by atoms with E-state index < -0.39 is 0 Å². The van der Waals surface area contributed by atoms with E-state index in [0.29, 0.717) is 23.2 Å². The molecule has 0 atom stereocenters. The molecule has 0 aliphatic carbocycles. The number of rotatable bonds is 5. The number of anilines is 1. The molecule has 2 aromatic carbocycles. The Bertz CT molecular complexity index is 1050. The lowest BCUT2D eigenvalue weighted by Gasteiger charge is -2.03. The van der Waals surface area contributed by atoms with E-state index in [2.05, 4.69) is 15.5 Å². The maximum absolute atomic E-state index is 12.0. The van der Waals surface area contributed by atoms with Crippen molar-refractivity contribution in [3.8, 4) is 28.6 Å². The van der Waals surface area contributed by atoms with Gasteiger partial charge in [-0.15, -0.1) is 0 Å². The second kappa shape index (κ2) is 7.17. The Morgan fingerprint density at radius 1 is 1.04 bits per heavy atom. The first-order valence-electron chi connectivity index (χ1n) is 8.16. The highest BCUT2D eigenvalue weighted by Crippen LogP contribution is 2.25. The largest absolute Gasteiger partial charge is 0.497 e. The minimum Gasteiger partial charge on any atom is -0.497 e. The molecule has 1 amide bonds. The first-order chi connectivity index (χ1) is 13.2. The Labute approximate surface area is 154 Å². The van der Waals surface area contributed by atoms with Crippen molar-refractivity contribution < 1.29 is 18.5 Å². The Balaban J connectivity index is 1.51. The van der Waals surface area contributed by atoms with Crippen molar-refractivity contribution in [2.75, 3.05) is 12.4 Å². The zero-order valence-corrected chi connectivity index (χ0v) is 14.4. The summed E-state index contributed by atoms with van der Waals surface area (Å²) in [4.78, 5) is 16.4. The quantitative estimate of drug-likeness (QED) is 0.571. The number of hydrogen-bond acceptors (Lipinski definition) is 6. The van der Waals surface area contributed by atoms with Crippen molar-refractivity contribution in [2.45, 2.75) is 0 Å². The highest BCUT2D eigenvalue weighted by molar-refractivity contribution is 6.02. The molecule has 0 radical (unpaired) electrons. The molecule has 0 saturated heterocycles. The molecule has 7 nitrogen and oxygen atoms in total. The molecule has 0 aliphatic rings. The van der Waals surface area contributed by atoms with Crippen molar-refractivity contribution in [1.29, 1.82) is 0 Å². The number of carbonyl (C=O) groups excluding carboxylic acids is 1. The highest BCUT2D eigenvalue weighted by atomic mass is 16.5. The lowest BCUT2D eigenvalue weighted by Crippen LogP contribution is -2.10. The number of furan rings is 1. The Morgan fingerprint density at radius 3 is 2.63 bits per heavy atom. The standard InChI is InChI=1S/C20H15N3O4/c1-25-16-5-2-4-14(12-16)20-22-18(23-27-20)13-7-9-15(10-8-13)21-19(24)17-6-3-11-26-17/h2-12H,1H3,(H,21,24). The summed E-state index contributed by atoms with van der Waals surface area (Å²) < 4.78 is 15.6. The lowest BCUT2D eigenvalue weighted by molar-refractivity contribution is 0.0996. The summed E-state index contributed by atoms with van der Waals surface area (Å²) in [5.41, 5.74) is 2.18. The Kier molecular flexibility index (Phi) is 4.40. The number of methoxy groups -OCH3 is 1. The van der Waals surface area contributed by atoms with E-state index >= 15 is 0 Å². The van der Waals surface area contributed by atoms with Crippen molar-refractivity contribution >= 4 is 11.6 Å². The summed E-state index contributed by atoms with van der Waals surface area (Å²) in [5.74, 6) is 1.51. The molecule has 0 saturated carbocycles. The van der Waals surface area contributed by atoms with Crippen LogP contribution in [0.3, 0.4) is 0 Å². The van der Waals surface area contributed by atoms with E-state index in [1.807, 2.05) is 24.3 Å². The number of hydrogen-bond donors (Lipinski definition) is 1. The molecule has 7 heteroatoms. The first kappa shape index (κ1) is 16.6. The molecule has 0 fully saturated rings. The van der Waals surface area contributed by atoms with E-state index in [1.165, 1.54) is 6.26 Å². The van der Waals surface area contributed by atoms with E-state index in [4.69, 9.17) is 13.7 Å². The summed E-state index contributed by atoms with van der Waals surface area (Å²) in [5, 5.41) is 6.78. The van der Waals surface area contributed by atoms with Crippen LogP contribution in [0.1, 0.15) is 10.6 Å². The van der Waals surface area contributed by atoms with Crippen molar-refractivity contribution in [3.05, 3.63) is 72.7 Å². The van der Waals surface area contributed by atoms with Gasteiger partial charge in [0, 0.05) is 16.8 Å². The van der Waals surface area contributed by atoms with Crippen LogP contribution in [0.5, 0.6) is 5.75 Å². The second-order valence-electron chi connectivity index (χ2n) is 5.66. The third-order valence-corrected chi connectivity index (χ3v) is 3.89. The van der Waals surface area contributed by atoms with Crippen molar-refractivity contribution in [3.63, 3.8) is 0 Å². The predicted molar refractivity (Wildman–Crippen MR) is 98.4 cm³/mol. The van der Waals surface area contributed by atoms with Gasteiger partial charge in [-0.2, -0.15) is 4.98 Å². The van der Waals surface area contributed by atoms with Gasteiger partial charge >= 0.3 is 0 Å². The molecule has 4 rings (SSSR count). The van der Waals surface area contributed by atoms with Gasteiger partial charge in [0.05, 0.1) is 13.4 Å². The summed E-state index contributed by atoms with van der Waals surface area (Å²) in [6.07, 6.45) is 1.45. The van der Waals surface area contributed by atoms with E-state index in [9.17, 15) is 4.79 Å². The van der Waals surface area contributed by atoms with Gasteiger partial charge < -0.3 is 19.0 Å². The monoisotopic (exact) mass is 361 g/mol. The smallest absolute Gasteiger partial charge is 0.291 e. The number of aromatic nitrogens is 2. The van der Waals surface area contributed by atoms with Crippen LogP contribution in [0.2, 0.25) is 0 Å². The topological polar surface area (TPSA) is 90.4 Å². The second-order valence-corrected chi connectivity index (χ2v) is 5.66. The number of nitrogens with zero attached hydrogens (tertiary/aromatic N) is 2. The zero-order chi connectivity index (χ0) is 18.6. The Morgan fingerprint density at radius 2 is 1.89 bits per heavy atom. The predicted octanol–water partition coefficient (Wildman–Crippen LogP) is 4.26. The summed E-state index contributed by atoms with van der Waals surface area (Å²) in [6.45, 7) is 0. The number of amides is 1. The molecular weight excluding hydrogens is 346 g/mol. The van der Waals surface area contributed by atoms with Crippen LogP contribution >= 0.6 is 0 Å². The maximum Gasteiger partial charge on any atom is 0.291 e. The van der Waals surface area contributed by atoms with Crippen LogP contribution in [0.4, 0.5) is 5.69 Å². The summed E-state index contributed by atoms with van der Waals surface area (Å²) in [6, 6.07) is 17.8. The van der Waals surface area contributed by atoms with Gasteiger partial charge in [0.2, 0.25) is 5.82 Å². The molecule has 134 valence electrons. The van der Waals surface area contributed by atoms with Crippen LogP contribution in [0, 0.1) is 0 Å².